The maximum absolute atomic E-state index is 12.0. The summed E-state index contributed by atoms with van der Waals surface area (Å²) in [6, 6.07) is 1.70. The van der Waals surface area contributed by atoms with Gasteiger partial charge in [-0.1, -0.05) is 6.92 Å². The molecule has 0 fully saturated rings. The first kappa shape index (κ1) is 14.3. The quantitative estimate of drug-likeness (QED) is 0.837. The first-order valence-electron chi connectivity index (χ1n) is 5.34. The predicted octanol–water partition coefficient (Wildman–Crippen LogP) is 1.62. The van der Waals surface area contributed by atoms with Crippen LogP contribution in [0.3, 0.4) is 0 Å². The molecule has 0 aromatic carbocycles. The average molecular weight is 275 g/mol. The van der Waals surface area contributed by atoms with Crippen LogP contribution in [0.5, 0.6) is 0 Å². The topological polar surface area (TPSA) is 64.1 Å². The highest BCUT2D eigenvalue weighted by atomic mass is 32.2. The van der Waals surface area contributed by atoms with E-state index in [-0.39, 0.29) is 9.92 Å². The van der Waals surface area contributed by atoms with E-state index in [1.807, 2.05) is 6.92 Å². The summed E-state index contributed by atoms with van der Waals surface area (Å²) in [5.74, 6) is 0.429. The Morgan fingerprint density at radius 3 is 2.41 bits per heavy atom. The number of hydrogen-bond donors (Lipinski definition) is 0. The van der Waals surface area contributed by atoms with Crippen LogP contribution < -0.4 is 0 Å². The lowest BCUT2D eigenvalue weighted by Gasteiger charge is -2.10. The molecule has 1 heterocycles. The molecule has 0 bridgehead atoms. The normalized spacial score (nSPS) is 13.6. The fourth-order valence-electron chi connectivity index (χ4n) is 1.68. The van der Waals surface area contributed by atoms with E-state index in [0.717, 1.165) is 12.7 Å². The van der Waals surface area contributed by atoms with Crippen molar-refractivity contribution >= 4 is 20.6 Å². The maximum atomic E-state index is 12.0. The van der Waals surface area contributed by atoms with Gasteiger partial charge in [-0.25, -0.2) is 13.4 Å². The van der Waals surface area contributed by atoms with Crippen molar-refractivity contribution in [2.75, 3.05) is 12.0 Å². The summed E-state index contributed by atoms with van der Waals surface area (Å²) < 4.78 is 35.4. The van der Waals surface area contributed by atoms with E-state index in [9.17, 15) is 12.6 Å². The van der Waals surface area contributed by atoms with Gasteiger partial charge in [-0.05, 0) is 31.9 Å². The molecule has 0 unspecified atom stereocenters. The van der Waals surface area contributed by atoms with Crippen LogP contribution in [-0.4, -0.2) is 29.6 Å². The molecule has 6 heteroatoms. The smallest absolute Gasteiger partial charge is 0.178 e. The molecule has 0 radical (unpaired) electrons. The summed E-state index contributed by atoms with van der Waals surface area (Å²) in [4.78, 5) is 4.26. The highest BCUT2D eigenvalue weighted by Gasteiger charge is 2.22. The Kier molecular flexibility index (Phi) is 4.43. The van der Waals surface area contributed by atoms with E-state index in [2.05, 4.69) is 4.98 Å². The predicted molar refractivity (Wildman–Crippen MR) is 68.4 cm³/mol. The largest absolute Gasteiger partial charge is 0.253 e. The fraction of sp³-hybridized carbons (Fsp3) is 0.545. The van der Waals surface area contributed by atoms with Crippen molar-refractivity contribution in [1.29, 1.82) is 0 Å². The lowest BCUT2D eigenvalue weighted by molar-refractivity contribution is 0.596. The number of aryl methyl sites for hydroxylation is 2. The third kappa shape index (κ3) is 3.35. The molecule has 0 amide bonds. The van der Waals surface area contributed by atoms with Gasteiger partial charge in [-0.3, -0.25) is 4.21 Å². The van der Waals surface area contributed by atoms with Crippen molar-refractivity contribution in [3.8, 4) is 0 Å². The molecule has 96 valence electrons. The number of hydrogen-bond acceptors (Lipinski definition) is 4. The molecule has 0 aliphatic heterocycles. The first-order valence-corrected chi connectivity index (χ1v) is 8.55. The maximum Gasteiger partial charge on any atom is 0.178 e. The molecule has 1 rings (SSSR count). The summed E-state index contributed by atoms with van der Waals surface area (Å²) in [5.41, 5.74) is 1.30. The second kappa shape index (κ2) is 5.27. The highest BCUT2D eigenvalue weighted by molar-refractivity contribution is 7.92. The molecular weight excluding hydrogens is 258 g/mol. The van der Waals surface area contributed by atoms with Crippen molar-refractivity contribution in [3.05, 3.63) is 17.3 Å². The minimum atomic E-state index is -3.40. The zero-order chi connectivity index (χ0) is 13.2. The standard InChI is InChI=1S/C11H17NO3S2/c1-5-6-16(13)11-10(17(4,14)15)8(2)7-9(3)12-11/h7H,5-6H2,1-4H3/t16-/m0/s1. The van der Waals surface area contributed by atoms with E-state index < -0.39 is 20.6 Å². The number of aromatic nitrogens is 1. The van der Waals surface area contributed by atoms with Crippen LogP contribution in [-0.2, 0) is 20.6 Å². The number of nitrogens with zero attached hydrogens (tertiary/aromatic N) is 1. The van der Waals surface area contributed by atoms with E-state index in [4.69, 9.17) is 0 Å². The minimum Gasteiger partial charge on any atom is -0.253 e. The van der Waals surface area contributed by atoms with Crippen LogP contribution in [0.4, 0.5) is 0 Å². The van der Waals surface area contributed by atoms with Crippen molar-refractivity contribution in [1.82, 2.24) is 4.98 Å². The summed E-state index contributed by atoms with van der Waals surface area (Å²) in [6.45, 7) is 5.38. The van der Waals surface area contributed by atoms with Gasteiger partial charge in [-0.2, -0.15) is 0 Å². The van der Waals surface area contributed by atoms with Crippen LogP contribution in [0, 0.1) is 13.8 Å². The number of rotatable bonds is 4. The molecule has 0 N–H and O–H groups in total. The highest BCUT2D eigenvalue weighted by Crippen LogP contribution is 2.23. The van der Waals surface area contributed by atoms with Crippen LogP contribution in [0.1, 0.15) is 24.6 Å². The van der Waals surface area contributed by atoms with Crippen molar-refractivity contribution in [2.24, 2.45) is 0 Å². The van der Waals surface area contributed by atoms with E-state index in [1.165, 1.54) is 0 Å². The van der Waals surface area contributed by atoms with E-state index in [0.29, 0.717) is 17.0 Å². The van der Waals surface area contributed by atoms with Gasteiger partial charge in [0, 0.05) is 17.7 Å². The van der Waals surface area contributed by atoms with Gasteiger partial charge < -0.3 is 0 Å². The minimum absolute atomic E-state index is 0.120. The third-order valence-corrected chi connectivity index (χ3v) is 5.12. The Balaban J connectivity index is 3.52. The second-order valence-corrected chi connectivity index (χ2v) is 7.48. The zero-order valence-electron chi connectivity index (χ0n) is 10.5. The van der Waals surface area contributed by atoms with Gasteiger partial charge in [0.25, 0.3) is 0 Å². The van der Waals surface area contributed by atoms with Crippen LogP contribution in [0.25, 0.3) is 0 Å². The molecular formula is C11H17NO3S2. The molecule has 17 heavy (non-hydrogen) atoms. The van der Waals surface area contributed by atoms with Gasteiger partial charge in [0.1, 0.15) is 9.92 Å². The summed E-state index contributed by atoms with van der Waals surface area (Å²) >= 11 is 0. The van der Waals surface area contributed by atoms with Crippen LogP contribution >= 0.6 is 0 Å². The Bertz CT molecular complexity index is 550. The molecule has 1 aromatic heterocycles. The Morgan fingerprint density at radius 1 is 1.35 bits per heavy atom. The van der Waals surface area contributed by atoms with Crippen LogP contribution in [0.2, 0.25) is 0 Å². The van der Waals surface area contributed by atoms with Crippen LogP contribution in [0.15, 0.2) is 16.0 Å². The zero-order valence-corrected chi connectivity index (χ0v) is 12.1. The lowest BCUT2D eigenvalue weighted by Crippen LogP contribution is -2.11. The fourth-order valence-corrected chi connectivity index (χ4v) is 4.60. The summed E-state index contributed by atoms with van der Waals surface area (Å²) in [5, 5.41) is 0.201. The molecule has 0 saturated heterocycles. The summed E-state index contributed by atoms with van der Waals surface area (Å²) in [7, 11) is -4.75. The Morgan fingerprint density at radius 2 is 1.94 bits per heavy atom. The number of sulfone groups is 1. The lowest BCUT2D eigenvalue weighted by atomic mass is 10.2. The second-order valence-electron chi connectivity index (χ2n) is 4.04. The third-order valence-electron chi connectivity index (χ3n) is 2.23. The van der Waals surface area contributed by atoms with Gasteiger partial charge in [0.2, 0.25) is 0 Å². The van der Waals surface area contributed by atoms with Gasteiger partial charge in [-0.15, -0.1) is 0 Å². The van der Waals surface area contributed by atoms with Crippen molar-refractivity contribution in [2.45, 2.75) is 37.1 Å². The van der Waals surface area contributed by atoms with E-state index in [1.54, 1.807) is 19.9 Å². The molecule has 1 atom stereocenters. The SMILES string of the molecule is CCC[S@](=O)c1nc(C)cc(C)c1S(C)(=O)=O. The van der Waals surface area contributed by atoms with Gasteiger partial charge in [0.05, 0.1) is 10.8 Å². The monoisotopic (exact) mass is 275 g/mol. The molecule has 1 aromatic rings. The van der Waals surface area contributed by atoms with Gasteiger partial charge >= 0.3 is 0 Å². The average Bonchev–Trinajstić information content (AvgIpc) is 2.14. The Hall–Kier alpha value is -0.750. The molecule has 4 nitrogen and oxygen atoms in total. The molecule has 0 aliphatic carbocycles. The van der Waals surface area contributed by atoms with E-state index >= 15 is 0 Å². The molecule has 0 aliphatic rings. The van der Waals surface area contributed by atoms with Crippen molar-refractivity contribution in [3.63, 3.8) is 0 Å². The molecule has 0 spiro atoms. The number of pyridine rings is 1. The first-order chi connectivity index (χ1) is 7.77. The summed E-state index contributed by atoms with van der Waals surface area (Å²) in [6.07, 6.45) is 1.85. The Labute approximate surface area is 105 Å². The van der Waals surface area contributed by atoms with Gasteiger partial charge in [0.15, 0.2) is 9.84 Å². The molecule has 0 saturated carbocycles. The van der Waals surface area contributed by atoms with Crippen molar-refractivity contribution < 1.29 is 12.6 Å².